The molecule has 0 atom stereocenters. The van der Waals surface area contributed by atoms with Crippen LogP contribution in [-0.4, -0.2) is 21.1 Å². The molecule has 0 saturated carbocycles. The predicted molar refractivity (Wildman–Crippen MR) is 80.5 cm³/mol. The van der Waals surface area contributed by atoms with E-state index in [1.165, 1.54) is 11.3 Å². The molecule has 0 spiro atoms. The molecule has 6 nitrogen and oxygen atoms in total. The van der Waals surface area contributed by atoms with E-state index in [0.717, 1.165) is 11.3 Å². The summed E-state index contributed by atoms with van der Waals surface area (Å²) in [6.07, 6.45) is 0.887. The van der Waals surface area contributed by atoms with Crippen LogP contribution in [0.3, 0.4) is 0 Å². The largest absolute Gasteiger partial charge is 0.427 e. The number of hydrogen-bond acceptors (Lipinski definition) is 7. The van der Waals surface area contributed by atoms with Gasteiger partial charge in [-0.05, 0) is 24.3 Å². The van der Waals surface area contributed by atoms with Crippen molar-refractivity contribution in [2.24, 2.45) is 0 Å². The number of aromatic nitrogens is 3. The Morgan fingerprint density at radius 1 is 1.32 bits per heavy atom. The molecule has 7 heteroatoms. The van der Waals surface area contributed by atoms with Crippen molar-refractivity contribution in [2.45, 2.75) is 19.8 Å². The highest BCUT2D eigenvalue weighted by molar-refractivity contribution is 7.07. The van der Waals surface area contributed by atoms with Crippen molar-refractivity contribution >= 4 is 17.3 Å². The van der Waals surface area contributed by atoms with Gasteiger partial charge in [-0.1, -0.05) is 5.16 Å². The second-order valence-corrected chi connectivity index (χ2v) is 5.33. The highest BCUT2D eigenvalue weighted by Crippen LogP contribution is 2.20. The minimum atomic E-state index is -0.281. The van der Waals surface area contributed by atoms with Crippen molar-refractivity contribution in [1.29, 1.82) is 0 Å². The average molecular weight is 315 g/mol. The lowest BCUT2D eigenvalue weighted by atomic mass is 10.2. The van der Waals surface area contributed by atoms with E-state index in [9.17, 15) is 4.79 Å². The number of thiazole rings is 1. The van der Waals surface area contributed by atoms with Gasteiger partial charge in [0, 0.05) is 24.3 Å². The van der Waals surface area contributed by atoms with Gasteiger partial charge in [-0.2, -0.15) is 4.98 Å². The molecule has 0 radical (unpaired) electrons. The molecule has 0 aliphatic heterocycles. The first-order valence-corrected chi connectivity index (χ1v) is 7.63. The molecule has 22 heavy (non-hydrogen) atoms. The maximum Gasteiger partial charge on any atom is 0.311 e. The number of carbonyl (C=O) groups excluding carboxylic acids is 1. The molecule has 3 aromatic rings. The SMILES string of the molecule is Cc1nc(-c2ccc(OC(=O)CCc3cscn3)cc2)no1. The first kappa shape index (κ1) is 14.4. The van der Waals surface area contributed by atoms with Crippen LogP contribution in [0.1, 0.15) is 18.0 Å². The van der Waals surface area contributed by atoms with Gasteiger partial charge in [-0.3, -0.25) is 4.79 Å². The van der Waals surface area contributed by atoms with E-state index in [2.05, 4.69) is 15.1 Å². The van der Waals surface area contributed by atoms with Crippen LogP contribution in [0.2, 0.25) is 0 Å². The second-order valence-electron chi connectivity index (χ2n) is 4.62. The maximum absolute atomic E-state index is 11.8. The third-order valence-corrected chi connectivity index (χ3v) is 3.58. The Morgan fingerprint density at radius 2 is 2.14 bits per heavy atom. The molecule has 3 rings (SSSR count). The Hall–Kier alpha value is -2.54. The second kappa shape index (κ2) is 6.48. The van der Waals surface area contributed by atoms with Crippen LogP contribution in [0, 0.1) is 6.92 Å². The maximum atomic E-state index is 11.8. The molecule has 0 saturated heterocycles. The predicted octanol–water partition coefficient (Wildman–Crippen LogP) is 3.04. The normalized spacial score (nSPS) is 10.6. The van der Waals surface area contributed by atoms with E-state index in [-0.39, 0.29) is 5.97 Å². The van der Waals surface area contributed by atoms with Crippen LogP contribution in [0.4, 0.5) is 0 Å². The summed E-state index contributed by atoms with van der Waals surface area (Å²) in [5.41, 5.74) is 3.46. The van der Waals surface area contributed by atoms with E-state index < -0.39 is 0 Å². The molecule has 0 aliphatic rings. The van der Waals surface area contributed by atoms with Crippen molar-refractivity contribution in [3.05, 3.63) is 46.7 Å². The summed E-state index contributed by atoms with van der Waals surface area (Å²) in [5.74, 6) is 1.23. The smallest absolute Gasteiger partial charge is 0.311 e. The molecule has 0 bridgehead atoms. The molecule has 0 amide bonds. The number of nitrogens with zero attached hydrogens (tertiary/aromatic N) is 3. The van der Waals surface area contributed by atoms with Gasteiger partial charge in [-0.25, -0.2) is 4.98 Å². The van der Waals surface area contributed by atoms with Gasteiger partial charge in [0.15, 0.2) is 0 Å². The fraction of sp³-hybridized carbons (Fsp3) is 0.200. The zero-order valence-corrected chi connectivity index (χ0v) is 12.7. The minimum absolute atomic E-state index is 0.281. The molecule has 2 aromatic heterocycles. The van der Waals surface area contributed by atoms with Crippen molar-refractivity contribution in [3.63, 3.8) is 0 Å². The van der Waals surface area contributed by atoms with E-state index in [0.29, 0.717) is 30.3 Å². The monoisotopic (exact) mass is 315 g/mol. The summed E-state index contributed by atoms with van der Waals surface area (Å²) in [5, 5.41) is 5.76. The summed E-state index contributed by atoms with van der Waals surface area (Å²) in [7, 11) is 0. The standard InChI is InChI=1S/C15H13N3O3S/c1-10-17-15(18-21-10)11-2-5-13(6-3-11)20-14(19)7-4-12-8-22-9-16-12/h2-3,5-6,8-9H,4,7H2,1H3. The summed E-state index contributed by atoms with van der Waals surface area (Å²) in [6, 6.07) is 6.99. The Labute approximate surface area is 130 Å². The van der Waals surface area contributed by atoms with Crippen LogP contribution in [0.5, 0.6) is 5.75 Å². The summed E-state index contributed by atoms with van der Waals surface area (Å²) >= 11 is 1.51. The minimum Gasteiger partial charge on any atom is -0.427 e. The molecule has 0 aliphatic carbocycles. The van der Waals surface area contributed by atoms with Gasteiger partial charge in [0.05, 0.1) is 17.6 Å². The molecule has 112 valence electrons. The quantitative estimate of drug-likeness (QED) is 0.532. The van der Waals surface area contributed by atoms with Crippen molar-refractivity contribution in [3.8, 4) is 17.1 Å². The highest BCUT2D eigenvalue weighted by atomic mass is 32.1. The molecule has 0 fully saturated rings. The zero-order valence-electron chi connectivity index (χ0n) is 11.9. The van der Waals surface area contributed by atoms with Crippen LogP contribution in [-0.2, 0) is 11.2 Å². The van der Waals surface area contributed by atoms with Crippen LogP contribution < -0.4 is 4.74 Å². The number of aryl methyl sites for hydroxylation is 2. The molecule has 1 aromatic carbocycles. The average Bonchev–Trinajstić information content (AvgIpc) is 3.17. The molecule has 0 N–H and O–H groups in total. The highest BCUT2D eigenvalue weighted by Gasteiger charge is 2.09. The number of rotatable bonds is 5. The fourth-order valence-electron chi connectivity index (χ4n) is 1.86. The zero-order chi connectivity index (χ0) is 15.4. The van der Waals surface area contributed by atoms with E-state index >= 15 is 0 Å². The van der Waals surface area contributed by atoms with Gasteiger partial charge in [0.1, 0.15) is 5.75 Å². The number of esters is 1. The number of benzene rings is 1. The molecule has 2 heterocycles. The molecular weight excluding hydrogens is 302 g/mol. The lowest BCUT2D eigenvalue weighted by Crippen LogP contribution is -2.09. The summed E-state index contributed by atoms with van der Waals surface area (Å²) in [6.45, 7) is 1.73. The van der Waals surface area contributed by atoms with Gasteiger partial charge >= 0.3 is 5.97 Å². The van der Waals surface area contributed by atoms with Crippen LogP contribution in [0.25, 0.3) is 11.4 Å². The first-order chi connectivity index (χ1) is 10.7. The topological polar surface area (TPSA) is 78.1 Å². The Balaban J connectivity index is 1.57. The van der Waals surface area contributed by atoms with Crippen molar-refractivity contribution in [2.75, 3.05) is 0 Å². The Bertz CT molecular complexity index is 751. The third-order valence-electron chi connectivity index (χ3n) is 2.94. The van der Waals surface area contributed by atoms with E-state index in [1.807, 2.05) is 5.38 Å². The van der Waals surface area contributed by atoms with E-state index in [4.69, 9.17) is 9.26 Å². The molecular formula is C15H13N3O3S. The summed E-state index contributed by atoms with van der Waals surface area (Å²) in [4.78, 5) is 20.0. The lowest BCUT2D eigenvalue weighted by Gasteiger charge is -2.04. The van der Waals surface area contributed by atoms with Gasteiger partial charge in [0.2, 0.25) is 11.7 Å². The molecule has 0 unspecified atom stereocenters. The fourth-order valence-corrected chi connectivity index (χ4v) is 2.46. The van der Waals surface area contributed by atoms with Gasteiger partial charge in [-0.15, -0.1) is 11.3 Å². The Kier molecular flexibility index (Phi) is 4.24. The van der Waals surface area contributed by atoms with Gasteiger partial charge < -0.3 is 9.26 Å². The first-order valence-electron chi connectivity index (χ1n) is 6.69. The van der Waals surface area contributed by atoms with Crippen LogP contribution in [0.15, 0.2) is 39.7 Å². The summed E-state index contributed by atoms with van der Waals surface area (Å²) < 4.78 is 10.2. The van der Waals surface area contributed by atoms with E-state index in [1.54, 1.807) is 36.7 Å². The van der Waals surface area contributed by atoms with Crippen molar-refractivity contribution in [1.82, 2.24) is 15.1 Å². The van der Waals surface area contributed by atoms with Gasteiger partial charge in [0.25, 0.3) is 0 Å². The number of hydrogen-bond donors (Lipinski definition) is 0. The Morgan fingerprint density at radius 3 is 2.77 bits per heavy atom. The number of ether oxygens (including phenoxy) is 1. The number of carbonyl (C=O) groups is 1. The van der Waals surface area contributed by atoms with Crippen LogP contribution >= 0.6 is 11.3 Å². The van der Waals surface area contributed by atoms with Crippen molar-refractivity contribution < 1.29 is 14.1 Å². The third kappa shape index (κ3) is 3.56. The lowest BCUT2D eigenvalue weighted by molar-refractivity contribution is -0.134.